The summed E-state index contributed by atoms with van der Waals surface area (Å²) in [6, 6.07) is 13.5. The van der Waals surface area contributed by atoms with Crippen LogP contribution in [0, 0.1) is 6.92 Å². The van der Waals surface area contributed by atoms with E-state index in [0.29, 0.717) is 23.3 Å². The summed E-state index contributed by atoms with van der Waals surface area (Å²) < 4.78 is 0. The van der Waals surface area contributed by atoms with Crippen molar-refractivity contribution in [1.82, 2.24) is 15.2 Å². The number of benzene rings is 2. The van der Waals surface area contributed by atoms with Gasteiger partial charge in [-0.25, -0.2) is 0 Å². The Morgan fingerprint density at radius 3 is 2.76 bits per heavy atom. The second-order valence-electron chi connectivity index (χ2n) is 5.51. The topological polar surface area (TPSA) is 62.7 Å². The highest BCUT2D eigenvalue weighted by atomic mass is 35.5. The maximum Gasteiger partial charge on any atom is 0.244 e. The molecule has 0 aliphatic rings. The summed E-state index contributed by atoms with van der Waals surface area (Å²) in [6.45, 7) is 2.63. The average Bonchev–Trinajstić information content (AvgIpc) is 2.60. The highest BCUT2D eigenvalue weighted by Gasteiger charge is 2.05. The van der Waals surface area contributed by atoms with Crippen LogP contribution in [0.2, 0.25) is 10.0 Å². The number of nitrogens with one attached hydrogen (secondary N) is 2. The van der Waals surface area contributed by atoms with Gasteiger partial charge in [-0.2, -0.15) is 10.1 Å². The molecule has 3 aromatic rings. The molecule has 0 radical (unpaired) electrons. The summed E-state index contributed by atoms with van der Waals surface area (Å²) in [7, 11) is 0. The second kappa shape index (κ2) is 8.14. The Balaban J connectivity index is 1.62. The van der Waals surface area contributed by atoms with E-state index in [0.717, 1.165) is 28.3 Å². The van der Waals surface area contributed by atoms with E-state index < -0.39 is 0 Å². The van der Waals surface area contributed by atoms with Crippen molar-refractivity contribution < 1.29 is 0 Å². The van der Waals surface area contributed by atoms with Gasteiger partial charge in [0.05, 0.1) is 6.20 Å². The quantitative estimate of drug-likeness (QED) is 0.644. The average molecular weight is 374 g/mol. The number of anilines is 3. The molecule has 2 N–H and O–H groups in total. The van der Waals surface area contributed by atoms with E-state index in [4.69, 9.17) is 23.2 Å². The molecular formula is C18H17Cl2N5. The largest absolute Gasteiger partial charge is 0.353 e. The lowest BCUT2D eigenvalue weighted by molar-refractivity contribution is 0.929. The van der Waals surface area contributed by atoms with Gasteiger partial charge in [0.15, 0.2) is 5.82 Å². The Kier molecular flexibility index (Phi) is 5.68. The van der Waals surface area contributed by atoms with Crippen molar-refractivity contribution in [3.05, 3.63) is 69.8 Å². The third-order valence-electron chi connectivity index (χ3n) is 3.68. The molecule has 0 aliphatic heterocycles. The SMILES string of the molecule is Cc1c(Cl)cccc1Nc1cnnc(NCCc2cccc(Cl)c2)n1. The first-order valence-electron chi connectivity index (χ1n) is 7.82. The van der Waals surface area contributed by atoms with Gasteiger partial charge >= 0.3 is 0 Å². The number of aromatic nitrogens is 3. The third-order valence-corrected chi connectivity index (χ3v) is 4.32. The highest BCUT2D eigenvalue weighted by molar-refractivity contribution is 6.31. The first-order valence-corrected chi connectivity index (χ1v) is 8.57. The van der Waals surface area contributed by atoms with E-state index in [1.54, 1.807) is 6.20 Å². The van der Waals surface area contributed by atoms with E-state index in [1.807, 2.05) is 49.4 Å². The molecule has 25 heavy (non-hydrogen) atoms. The van der Waals surface area contributed by atoms with E-state index in [-0.39, 0.29) is 0 Å². The Morgan fingerprint density at radius 2 is 1.92 bits per heavy atom. The van der Waals surface area contributed by atoms with Crippen molar-refractivity contribution in [3.63, 3.8) is 0 Å². The zero-order valence-corrected chi connectivity index (χ0v) is 15.1. The Hall–Kier alpha value is -2.37. The highest BCUT2D eigenvalue weighted by Crippen LogP contribution is 2.25. The molecule has 0 fully saturated rings. The molecule has 0 unspecified atom stereocenters. The van der Waals surface area contributed by atoms with E-state index in [2.05, 4.69) is 25.8 Å². The fraction of sp³-hybridized carbons (Fsp3) is 0.167. The summed E-state index contributed by atoms with van der Waals surface area (Å²) in [5.74, 6) is 1.07. The van der Waals surface area contributed by atoms with Crippen LogP contribution >= 0.6 is 23.2 Å². The summed E-state index contributed by atoms with van der Waals surface area (Å²) in [5, 5.41) is 15.8. The third kappa shape index (κ3) is 4.81. The van der Waals surface area contributed by atoms with E-state index in [1.165, 1.54) is 0 Å². The molecule has 5 nitrogen and oxygen atoms in total. The molecule has 0 saturated carbocycles. The van der Waals surface area contributed by atoms with Crippen molar-refractivity contribution in [1.29, 1.82) is 0 Å². The number of nitrogens with zero attached hydrogens (tertiary/aromatic N) is 3. The Labute approximate surface area is 156 Å². The summed E-state index contributed by atoms with van der Waals surface area (Å²) in [6.07, 6.45) is 2.39. The molecular weight excluding hydrogens is 357 g/mol. The van der Waals surface area contributed by atoms with Crippen LogP contribution in [0.4, 0.5) is 17.5 Å². The Morgan fingerprint density at radius 1 is 1.08 bits per heavy atom. The molecule has 2 aromatic carbocycles. The number of halogens is 2. The van der Waals surface area contributed by atoms with Crippen LogP contribution in [0.5, 0.6) is 0 Å². The Bertz CT molecular complexity index is 870. The second-order valence-corrected chi connectivity index (χ2v) is 6.35. The minimum atomic E-state index is 0.465. The smallest absolute Gasteiger partial charge is 0.244 e. The number of hydrogen-bond acceptors (Lipinski definition) is 5. The van der Waals surface area contributed by atoms with Gasteiger partial charge in [-0.1, -0.05) is 41.4 Å². The van der Waals surface area contributed by atoms with Crippen molar-refractivity contribution in [2.45, 2.75) is 13.3 Å². The van der Waals surface area contributed by atoms with Crippen LogP contribution in [-0.4, -0.2) is 21.7 Å². The minimum absolute atomic E-state index is 0.465. The predicted molar refractivity (Wildman–Crippen MR) is 103 cm³/mol. The summed E-state index contributed by atoms with van der Waals surface area (Å²) in [4.78, 5) is 4.42. The van der Waals surface area contributed by atoms with Crippen LogP contribution in [0.25, 0.3) is 0 Å². The van der Waals surface area contributed by atoms with Gasteiger partial charge in [-0.05, 0) is 48.7 Å². The summed E-state index contributed by atoms with van der Waals surface area (Å²) >= 11 is 12.1. The molecule has 0 saturated heterocycles. The molecule has 0 aliphatic carbocycles. The normalized spacial score (nSPS) is 10.5. The first kappa shape index (κ1) is 17.5. The number of rotatable bonds is 6. The maximum absolute atomic E-state index is 6.14. The van der Waals surface area contributed by atoms with Gasteiger partial charge in [0.25, 0.3) is 0 Å². The van der Waals surface area contributed by atoms with Gasteiger partial charge in [-0.3, -0.25) is 0 Å². The van der Waals surface area contributed by atoms with Crippen LogP contribution in [0.15, 0.2) is 48.7 Å². The number of hydrogen-bond donors (Lipinski definition) is 2. The molecule has 7 heteroatoms. The van der Waals surface area contributed by atoms with Crippen LogP contribution in [0.1, 0.15) is 11.1 Å². The standard InChI is InChI=1S/C18H17Cl2N5/c1-12-15(20)6-3-7-16(12)23-17-11-22-25-18(24-17)21-9-8-13-4-2-5-14(19)10-13/h2-7,10-11H,8-9H2,1H3,(H2,21,23,24,25). The first-order chi connectivity index (χ1) is 12.1. The zero-order valence-electron chi connectivity index (χ0n) is 13.6. The van der Waals surface area contributed by atoms with Crippen molar-refractivity contribution >= 4 is 40.7 Å². The minimum Gasteiger partial charge on any atom is -0.353 e. The fourth-order valence-corrected chi connectivity index (χ4v) is 2.72. The van der Waals surface area contributed by atoms with Gasteiger partial charge in [0.2, 0.25) is 5.95 Å². The lowest BCUT2D eigenvalue weighted by Crippen LogP contribution is -2.09. The molecule has 1 aromatic heterocycles. The predicted octanol–water partition coefficient (Wildman–Crippen LogP) is 4.89. The molecule has 3 rings (SSSR count). The molecule has 128 valence electrons. The van der Waals surface area contributed by atoms with Crippen molar-refractivity contribution in [2.75, 3.05) is 17.2 Å². The van der Waals surface area contributed by atoms with Crippen LogP contribution < -0.4 is 10.6 Å². The molecule has 0 amide bonds. The molecule has 0 bridgehead atoms. The lowest BCUT2D eigenvalue weighted by atomic mass is 10.1. The monoisotopic (exact) mass is 373 g/mol. The fourth-order valence-electron chi connectivity index (χ4n) is 2.33. The maximum atomic E-state index is 6.14. The van der Waals surface area contributed by atoms with Crippen LogP contribution in [-0.2, 0) is 6.42 Å². The molecule has 0 atom stereocenters. The van der Waals surface area contributed by atoms with Gasteiger partial charge in [0, 0.05) is 22.3 Å². The van der Waals surface area contributed by atoms with E-state index >= 15 is 0 Å². The van der Waals surface area contributed by atoms with E-state index in [9.17, 15) is 0 Å². The lowest BCUT2D eigenvalue weighted by Gasteiger charge is -2.10. The van der Waals surface area contributed by atoms with Crippen LogP contribution in [0.3, 0.4) is 0 Å². The van der Waals surface area contributed by atoms with Gasteiger partial charge < -0.3 is 10.6 Å². The molecule has 0 spiro atoms. The van der Waals surface area contributed by atoms with Crippen molar-refractivity contribution in [3.8, 4) is 0 Å². The van der Waals surface area contributed by atoms with Gasteiger partial charge in [-0.15, -0.1) is 5.10 Å². The molecule has 1 heterocycles. The summed E-state index contributed by atoms with van der Waals surface area (Å²) in [5.41, 5.74) is 2.99. The zero-order chi connectivity index (χ0) is 17.6. The van der Waals surface area contributed by atoms with Gasteiger partial charge in [0.1, 0.15) is 0 Å². The van der Waals surface area contributed by atoms with Crippen molar-refractivity contribution in [2.24, 2.45) is 0 Å².